The number of rotatable bonds is 3. The molecule has 0 atom stereocenters. The van der Waals surface area contributed by atoms with Gasteiger partial charge in [-0.3, -0.25) is 10.1 Å². The highest BCUT2D eigenvalue weighted by Crippen LogP contribution is 2.29. The third-order valence-electron chi connectivity index (χ3n) is 3.44. The molecule has 0 saturated heterocycles. The van der Waals surface area contributed by atoms with Gasteiger partial charge in [-0.1, -0.05) is 18.2 Å². The van der Waals surface area contributed by atoms with Crippen molar-refractivity contribution >= 4 is 26.4 Å². The molecule has 7 heteroatoms. The van der Waals surface area contributed by atoms with Crippen molar-refractivity contribution in [3.8, 4) is 0 Å². The molecule has 3 aromatic rings. The van der Waals surface area contributed by atoms with E-state index in [0.29, 0.717) is 10.9 Å². The number of hydrogen-bond donors (Lipinski definition) is 0. The summed E-state index contributed by atoms with van der Waals surface area (Å²) in [5.74, 6) is 0. The molecule has 0 saturated carbocycles. The third kappa shape index (κ3) is 2.66. The molecule has 0 aliphatic heterocycles. The van der Waals surface area contributed by atoms with Crippen LogP contribution in [0.2, 0.25) is 0 Å². The van der Waals surface area contributed by atoms with Crippen LogP contribution in [0.3, 0.4) is 0 Å². The molecule has 23 heavy (non-hydrogen) atoms. The Bertz CT molecular complexity index is 1010. The average molecular weight is 328 g/mol. The van der Waals surface area contributed by atoms with E-state index < -0.39 is 14.8 Å². The Kier molecular flexibility index (Phi) is 3.57. The predicted octanol–water partition coefficient (Wildman–Crippen LogP) is 3.28. The first kappa shape index (κ1) is 15.1. The highest BCUT2D eigenvalue weighted by atomic mass is 32.2. The first-order valence-electron chi connectivity index (χ1n) is 6.74. The third-order valence-corrected chi connectivity index (χ3v) is 5.18. The van der Waals surface area contributed by atoms with E-state index >= 15 is 0 Å². The Hall–Kier alpha value is -2.80. The van der Waals surface area contributed by atoms with Gasteiger partial charge in [-0.15, -0.1) is 0 Å². The zero-order valence-electron chi connectivity index (χ0n) is 12.1. The molecule has 0 spiro atoms. The summed E-state index contributed by atoms with van der Waals surface area (Å²) in [5.41, 5.74) is 0.705. The summed E-state index contributed by atoms with van der Waals surface area (Å²) in [7, 11) is -3.71. The number of aryl methyl sites for hydroxylation is 1. The fourth-order valence-electron chi connectivity index (χ4n) is 2.38. The van der Waals surface area contributed by atoms with Gasteiger partial charge in [0.1, 0.15) is 5.52 Å². The van der Waals surface area contributed by atoms with Gasteiger partial charge in [0.2, 0.25) is 9.84 Å². The zero-order valence-corrected chi connectivity index (χ0v) is 12.9. The van der Waals surface area contributed by atoms with Crippen LogP contribution in [0.5, 0.6) is 0 Å². The summed E-state index contributed by atoms with van der Waals surface area (Å²) < 4.78 is 25.2. The van der Waals surface area contributed by atoms with Gasteiger partial charge < -0.3 is 0 Å². The quantitative estimate of drug-likeness (QED) is 0.543. The minimum Gasteiger partial charge on any atom is -0.258 e. The number of nitro groups is 1. The van der Waals surface area contributed by atoms with E-state index in [1.165, 1.54) is 24.3 Å². The summed E-state index contributed by atoms with van der Waals surface area (Å²) in [4.78, 5) is 14.8. The van der Waals surface area contributed by atoms with Crippen LogP contribution in [0.15, 0.2) is 64.5 Å². The highest BCUT2D eigenvalue weighted by Gasteiger charge is 2.21. The van der Waals surface area contributed by atoms with Crippen molar-refractivity contribution in [1.82, 2.24) is 4.98 Å². The molecular weight excluding hydrogens is 316 g/mol. The fourth-order valence-corrected chi connectivity index (χ4v) is 3.64. The number of nitro benzene ring substituents is 1. The van der Waals surface area contributed by atoms with Crippen molar-refractivity contribution < 1.29 is 13.3 Å². The monoisotopic (exact) mass is 328 g/mol. The maximum Gasteiger partial charge on any atom is 0.295 e. The summed E-state index contributed by atoms with van der Waals surface area (Å²) >= 11 is 0. The molecule has 0 bridgehead atoms. The van der Waals surface area contributed by atoms with Crippen LogP contribution in [0.25, 0.3) is 10.9 Å². The molecule has 0 aliphatic rings. The molecule has 0 radical (unpaired) electrons. The van der Waals surface area contributed by atoms with Crippen molar-refractivity contribution in [2.24, 2.45) is 0 Å². The second kappa shape index (κ2) is 5.44. The lowest BCUT2D eigenvalue weighted by Gasteiger charge is -2.06. The fraction of sp³-hybridized carbons (Fsp3) is 0.0625. The van der Waals surface area contributed by atoms with Crippen LogP contribution in [-0.4, -0.2) is 18.3 Å². The van der Waals surface area contributed by atoms with Gasteiger partial charge in [0, 0.05) is 17.6 Å². The van der Waals surface area contributed by atoms with Gasteiger partial charge in [-0.25, -0.2) is 13.4 Å². The molecule has 1 heterocycles. The second-order valence-electron chi connectivity index (χ2n) is 5.10. The standard InChI is InChI=1S/C16H12N2O4S/c1-11-7-12-9-14(10-17-16(12)15(8-11)18(19)20)23(21,22)13-5-3-2-4-6-13/h2-10H,1H3. The van der Waals surface area contributed by atoms with E-state index in [1.807, 2.05) is 0 Å². The summed E-state index contributed by atoms with van der Waals surface area (Å²) in [5, 5.41) is 11.5. The lowest BCUT2D eigenvalue weighted by atomic mass is 10.1. The number of non-ortho nitro benzene ring substituents is 1. The summed E-state index contributed by atoms with van der Waals surface area (Å²) in [6.45, 7) is 1.71. The lowest BCUT2D eigenvalue weighted by molar-refractivity contribution is -0.383. The Morgan fingerprint density at radius 3 is 2.39 bits per heavy atom. The summed E-state index contributed by atoms with van der Waals surface area (Å²) in [6.07, 6.45) is 1.16. The molecule has 2 aromatic carbocycles. The number of nitrogens with zero attached hydrogens (tertiary/aromatic N) is 2. The number of aromatic nitrogens is 1. The van der Waals surface area contributed by atoms with E-state index in [4.69, 9.17) is 0 Å². The number of benzene rings is 2. The van der Waals surface area contributed by atoms with E-state index in [9.17, 15) is 18.5 Å². The van der Waals surface area contributed by atoms with Crippen molar-refractivity contribution in [2.45, 2.75) is 16.7 Å². The average Bonchev–Trinajstić information content (AvgIpc) is 2.54. The van der Waals surface area contributed by atoms with Crippen LogP contribution < -0.4 is 0 Å². The zero-order chi connectivity index (χ0) is 16.6. The molecule has 6 nitrogen and oxygen atoms in total. The van der Waals surface area contributed by atoms with Gasteiger partial charge in [0.05, 0.1) is 14.7 Å². The first-order chi connectivity index (χ1) is 10.9. The number of pyridine rings is 1. The van der Waals surface area contributed by atoms with Crippen LogP contribution in [0.1, 0.15) is 5.56 Å². The van der Waals surface area contributed by atoms with Gasteiger partial charge in [-0.05, 0) is 36.8 Å². The molecule has 0 fully saturated rings. The van der Waals surface area contributed by atoms with E-state index in [1.54, 1.807) is 31.2 Å². The highest BCUT2D eigenvalue weighted by molar-refractivity contribution is 7.91. The summed E-state index contributed by atoms with van der Waals surface area (Å²) in [6, 6.07) is 12.5. The first-order valence-corrected chi connectivity index (χ1v) is 8.23. The van der Waals surface area contributed by atoms with Gasteiger partial charge in [0.25, 0.3) is 5.69 Å². The Morgan fingerprint density at radius 1 is 1.04 bits per heavy atom. The Balaban J connectivity index is 2.24. The predicted molar refractivity (Wildman–Crippen MR) is 85.0 cm³/mol. The van der Waals surface area contributed by atoms with Crippen LogP contribution >= 0.6 is 0 Å². The SMILES string of the molecule is Cc1cc([N+](=O)[O-])c2ncc(S(=O)(=O)c3ccccc3)cc2c1. The van der Waals surface area contributed by atoms with E-state index in [2.05, 4.69) is 4.98 Å². The Labute approximate surface area is 132 Å². The van der Waals surface area contributed by atoms with Crippen molar-refractivity contribution in [2.75, 3.05) is 0 Å². The number of sulfone groups is 1. The van der Waals surface area contributed by atoms with Gasteiger partial charge >= 0.3 is 0 Å². The molecule has 116 valence electrons. The van der Waals surface area contributed by atoms with Crippen LogP contribution in [-0.2, 0) is 9.84 Å². The number of fused-ring (bicyclic) bond motifs is 1. The minimum absolute atomic E-state index is 0.0103. The maximum absolute atomic E-state index is 12.6. The molecule has 0 amide bonds. The molecule has 0 N–H and O–H groups in total. The van der Waals surface area contributed by atoms with Crippen molar-refractivity contribution in [1.29, 1.82) is 0 Å². The van der Waals surface area contributed by atoms with Gasteiger partial charge in [-0.2, -0.15) is 0 Å². The molecular formula is C16H12N2O4S. The largest absolute Gasteiger partial charge is 0.295 e. The molecule has 3 rings (SSSR count). The van der Waals surface area contributed by atoms with Crippen LogP contribution in [0, 0.1) is 17.0 Å². The lowest BCUT2D eigenvalue weighted by Crippen LogP contribution is -2.03. The normalized spacial score (nSPS) is 11.5. The maximum atomic E-state index is 12.6. The Morgan fingerprint density at radius 2 is 1.74 bits per heavy atom. The van der Waals surface area contributed by atoms with E-state index in [-0.39, 0.29) is 21.0 Å². The number of hydrogen-bond acceptors (Lipinski definition) is 5. The minimum atomic E-state index is -3.71. The van der Waals surface area contributed by atoms with Crippen LogP contribution in [0.4, 0.5) is 5.69 Å². The molecule has 0 unspecified atom stereocenters. The van der Waals surface area contributed by atoms with Crippen molar-refractivity contribution in [3.05, 3.63) is 70.4 Å². The molecule has 1 aromatic heterocycles. The second-order valence-corrected chi connectivity index (χ2v) is 7.05. The smallest absolute Gasteiger partial charge is 0.258 e. The molecule has 0 aliphatic carbocycles. The van der Waals surface area contributed by atoms with Gasteiger partial charge in [0.15, 0.2) is 0 Å². The van der Waals surface area contributed by atoms with E-state index in [0.717, 1.165) is 6.20 Å². The topological polar surface area (TPSA) is 90.2 Å². The van der Waals surface area contributed by atoms with Crippen molar-refractivity contribution in [3.63, 3.8) is 0 Å².